The van der Waals surface area contributed by atoms with Gasteiger partial charge in [-0.05, 0) is 54.3 Å². The van der Waals surface area contributed by atoms with E-state index in [0.29, 0.717) is 16.7 Å². The molecule has 0 fully saturated rings. The first-order valence-corrected chi connectivity index (χ1v) is 11.0. The highest BCUT2D eigenvalue weighted by molar-refractivity contribution is 5.99. The third-order valence-corrected chi connectivity index (χ3v) is 6.54. The predicted molar refractivity (Wildman–Crippen MR) is 118 cm³/mol. The Balaban J connectivity index is 1.51. The SMILES string of the molecule is Cc1cc(F)c(CNC(=O)c2cn3c(c(O)c2=O)C(=O)N2Cc4cc(F)c(F)cc4C[C@@H]3C2)c(F)c1. The maximum absolute atomic E-state index is 14.1. The van der Waals surface area contributed by atoms with Crippen molar-refractivity contribution in [2.45, 2.75) is 32.5 Å². The van der Waals surface area contributed by atoms with Crippen molar-refractivity contribution in [2.24, 2.45) is 0 Å². The monoisotopic (exact) mass is 501 g/mol. The second-order valence-corrected chi connectivity index (χ2v) is 8.94. The summed E-state index contributed by atoms with van der Waals surface area (Å²) >= 11 is 0. The van der Waals surface area contributed by atoms with E-state index in [4.69, 9.17) is 0 Å². The largest absolute Gasteiger partial charge is 0.503 e. The van der Waals surface area contributed by atoms with Crippen LogP contribution >= 0.6 is 0 Å². The van der Waals surface area contributed by atoms with Gasteiger partial charge in [0.05, 0.1) is 6.04 Å². The van der Waals surface area contributed by atoms with Crippen molar-refractivity contribution in [3.05, 3.63) is 97.5 Å². The summed E-state index contributed by atoms with van der Waals surface area (Å²) in [6.07, 6.45) is 1.23. The molecule has 2 aliphatic rings. The van der Waals surface area contributed by atoms with Crippen LogP contribution in [0.15, 0.2) is 35.3 Å². The molecule has 1 aromatic heterocycles. The van der Waals surface area contributed by atoms with Crippen LogP contribution in [0.25, 0.3) is 0 Å². The number of benzene rings is 2. The number of carbonyl (C=O) groups excluding carboxylic acids is 2. The van der Waals surface area contributed by atoms with Crippen molar-refractivity contribution >= 4 is 11.8 Å². The number of rotatable bonds is 3. The van der Waals surface area contributed by atoms with Crippen LogP contribution < -0.4 is 10.7 Å². The van der Waals surface area contributed by atoms with Gasteiger partial charge in [0.15, 0.2) is 23.1 Å². The second kappa shape index (κ2) is 8.51. The predicted octanol–water partition coefficient (Wildman–Crippen LogP) is 3.10. The number of aryl methyl sites for hydroxylation is 1. The lowest BCUT2D eigenvalue weighted by atomic mass is 10.0. The number of nitrogens with zero attached hydrogens (tertiary/aromatic N) is 2. The Morgan fingerprint density at radius 2 is 1.67 bits per heavy atom. The quantitative estimate of drug-likeness (QED) is 0.540. The molecular formula is C25H19F4N3O4. The van der Waals surface area contributed by atoms with Crippen molar-refractivity contribution in [2.75, 3.05) is 6.54 Å². The van der Waals surface area contributed by atoms with E-state index in [2.05, 4.69) is 5.32 Å². The highest BCUT2D eigenvalue weighted by Gasteiger charge is 2.38. The van der Waals surface area contributed by atoms with Gasteiger partial charge in [-0.2, -0.15) is 0 Å². The first-order chi connectivity index (χ1) is 17.0. The third kappa shape index (κ3) is 3.80. The van der Waals surface area contributed by atoms with Crippen LogP contribution in [0.1, 0.15) is 49.1 Å². The van der Waals surface area contributed by atoms with Crippen molar-refractivity contribution in [3.8, 4) is 5.75 Å². The molecule has 2 aromatic carbocycles. The molecule has 2 bridgehead atoms. The highest BCUT2D eigenvalue weighted by atomic mass is 19.2. The van der Waals surface area contributed by atoms with Gasteiger partial charge in [-0.1, -0.05) is 0 Å². The molecule has 2 amide bonds. The minimum Gasteiger partial charge on any atom is -0.503 e. The maximum atomic E-state index is 14.1. The maximum Gasteiger partial charge on any atom is 0.274 e. The zero-order valence-electron chi connectivity index (χ0n) is 18.9. The van der Waals surface area contributed by atoms with Crippen molar-refractivity contribution in [1.82, 2.24) is 14.8 Å². The smallest absolute Gasteiger partial charge is 0.274 e. The zero-order valence-corrected chi connectivity index (χ0v) is 18.9. The molecule has 0 radical (unpaired) electrons. The molecule has 0 aliphatic carbocycles. The van der Waals surface area contributed by atoms with Gasteiger partial charge < -0.3 is 19.9 Å². The standard InChI is InChI=1S/C25H19F4N3O4/c1-11-2-17(26)15(18(27)3-11)7-30-24(35)16-10-32-14-4-12-5-19(28)20(29)6-13(12)8-31(9-14)25(36)21(32)23(34)22(16)33/h2-3,5-6,10,14,34H,4,7-9H2,1H3,(H,30,35)/t14-/m1/s1. The summed E-state index contributed by atoms with van der Waals surface area (Å²) in [5.74, 6) is -6.54. The lowest BCUT2D eigenvalue weighted by molar-refractivity contribution is 0.0653. The van der Waals surface area contributed by atoms with Gasteiger partial charge in [0.25, 0.3) is 11.8 Å². The molecule has 36 heavy (non-hydrogen) atoms. The molecule has 11 heteroatoms. The number of aromatic nitrogens is 1. The summed E-state index contributed by atoms with van der Waals surface area (Å²) in [4.78, 5) is 40.0. The summed E-state index contributed by atoms with van der Waals surface area (Å²) < 4.78 is 57.3. The highest BCUT2D eigenvalue weighted by Crippen LogP contribution is 2.34. The number of aromatic hydroxyl groups is 1. The van der Waals surface area contributed by atoms with E-state index >= 15 is 0 Å². The van der Waals surface area contributed by atoms with E-state index < -0.39 is 70.0 Å². The topological polar surface area (TPSA) is 91.6 Å². The van der Waals surface area contributed by atoms with Crippen LogP contribution in [0.4, 0.5) is 17.6 Å². The fourth-order valence-corrected chi connectivity index (χ4v) is 4.74. The van der Waals surface area contributed by atoms with Crippen LogP contribution in [0.5, 0.6) is 5.75 Å². The molecule has 2 aliphatic heterocycles. The summed E-state index contributed by atoms with van der Waals surface area (Å²) in [5, 5.41) is 12.9. The lowest BCUT2D eigenvalue weighted by Gasteiger charge is -2.34. The van der Waals surface area contributed by atoms with E-state index in [1.807, 2.05) is 0 Å². The van der Waals surface area contributed by atoms with Gasteiger partial charge in [-0.15, -0.1) is 0 Å². The van der Waals surface area contributed by atoms with Crippen LogP contribution in [0.2, 0.25) is 0 Å². The molecular weight excluding hydrogens is 482 g/mol. The van der Waals surface area contributed by atoms with Crippen molar-refractivity contribution in [3.63, 3.8) is 0 Å². The average Bonchev–Trinajstić information content (AvgIpc) is 2.96. The third-order valence-electron chi connectivity index (χ3n) is 6.54. The Morgan fingerprint density at radius 3 is 2.33 bits per heavy atom. The lowest BCUT2D eigenvalue weighted by Crippen LogP contribution is -2.44. The Morgan fingerprint density at radius 1 is 1.03 bits per heavy atom. The molecule has 1 atom stereocenters. The van der Waals surface area contributed by atoms with Gasteiger partial charge in [0, 0.05) is 31.4 Å². The fraction of sp³-hybridized carbons (Fsp3) is 0.240. The molecule has 3 heterocycles. The number of hydrogen-bond acceptors (Lipinski definition) is 4. The number of fused-ring (bicyclic) bond motifs is 5. The number of carbonyl (C=O) groups is 2. The normalized spacial score (nSPS) is 16.3. The Labute approximate surface area is 201 Å². The fourth-order valence-electron chi connectivity index (χ4n) is 4.74. The molecule has 3 aromatic rings. The van der Waals surface area contributed by atoms with Crippen LogP contribution in [0, 0.1) is 30.2 Å². The van der Waals surface area contributed by atoms with Gasteiger partial charge in [-0.25, -0.2) is 17.6 Å². The first-order valence-electron chi connectivity index (χ1n) is 11.0. The number of halogens is 4. The van der Waals surface area contributed by atoms with Crippen LogP contribution in [0.3, 0.4) is 0 Å². The molecule has 2 N–H and O–H groups in total. The zero-order chi connectivity index (χ0) is 25.9. The second-order valence-electron chi connectivity index (χ2n) is 8.94. The summed E-state index contributed by atoms with van der Waals surface area (Å²) in [7, 11) is 0. The minimum absolute atomic E-state index is 0.0502. The Bertz CT molecular complexity index is 1500. The molecule has 0 saturated carbocycles. The summed E-state index contributed by atoms with van der Waals surface area (Å²) in [6, 6.07) is 3.64. The number of nitrogens with one attached hydrogen (secondary N) is 1. The van der Waals surface area contributed by atoms with Gasteiger partial charge in [0.1, 0.15) is 17.2 Å². The molecule has 186 valence electrons. The van der Waals surface area contributed by atoms with Crippen LogP contribution in [-0.4, -0.2) is 32.9 Å². The van der Waals surface area contributed by atoms with Crippen molar-refractivity contribution in [1.29, 1.82) is 0 Å². The van der Waals surface area contributed by atoms with E-state index in [-0.39, 0.29) is 25.2 Å². The van der Waals surface area contributed by atoms with Gasteiger partial charge >= 0.3 is 0 Å². The first kappa shape index (κ1) is 23.6. The molecule has 7 nitrogen and oxygen atoms in total. The van der Waals surface area contributed by atoms with Gasteiger partial charge in [0.2, 0.25) is 5.43 Å². The summed E-state index contributed by atoms with van der Waals surface area (Å²) in [6.45, 7) is 0.996. The van der Waals surface area contributed by atoms with Gasteiger partial charge in [-0.3, -0.25) is 14.4 Å². The molecule has 5 rings (SSSR count). The molecule has 0 saturated heterocycles. The average molecular weight is 501 g/mol. The Kier molecular flexibility index (Phi) is 5.57. The number of hydrogen-bond donors (Lipinski definition) is 2. The summed E-state index contributed by atoms with van der Waals surface area (Å²) in [5.41, 5.74) is -1.25. The minimum atomic E-state index is -1.13. The van der Waals surface area contributed by atoms with Crippen LogP contribution in [-0.2, 0) is 19.5 Å². The number of pyridine rings is 1. The van der Waals surface area contributed by atoms with E-state index in [1.54, 1.807) is 0 Å². The number of amides is 2. The van der Waals surface area contributed by atoms with Crippen molar-refractivity contribution < 1.29 is 32.3 Å². The Hall–Kier alpha value is -4.15. The van der Waals surface area contributed by atoms with E-state index in [9.17, 15) is 37.1 Å². The molecule has 0 unspecified atom stereocenters. The molecule has 0 spiro atoms. The van der Waals surface area contributed by atoms with E-state index in [0.717, 1.165) is 30.5 Å². The van der Waals surface area contributed by atoms with E-state index in [1.165, 1.54) is 16.4 Å².